The summed E-state index contributed by atoms with van der Waals surface area (Å²) in [5, 5.41) is 13.5. The van der Waals surface area contributed by atoms with Crippen molar-refractivity contribution < 1.29 is 9.84 Å². The Hall–Kier alpha value is -1.06. The van der Waals surface area contributed by atoms with Crippen LogP contribution in [-0.2, 0) is 0 Å². The third-order valence-corrected chi connectivity index (χ3v) is 3.44. The smallest absolute Gasteiger partial charge is 0.122 e. The number of ether oxygens (including phenoxy) is 1. The summed E-state index contributed by atoms with van der Waals surface area (Å²) < 4.78 is 5.35. The SMILES string of the molecule is COc1ccc(C(O)CNC2CC2)cc1C(C)C. The maximum Gasteiger partial charge on any atom is 0.122 e. The van der Waals surface area contributed by atoms with Crippen LogP contribution >= 0.6 is 0 Å². The number of aliphatic hydroxyl groups is 1. The fraction of sp³-hybridized carbons (Fsp3) is 0.600. The molecule has 1 aliphatic carbocycles. The molecule has 0 saturated heterocycles. The van der Waals surface area contributed by atoms with Crippen LogP contribution in [0.1, 0.15) is 49.8 Å². The average Bonchev–Trinajstić information content (AvgIpc) is 3.19. The molecule has 18 heavy (non-hydrogen) atoms. The fourth-order valence-electron chi connectivity index (χ4n) is 2.09. The van der Waals surface area contributed by atoms with Gasteiger partial charge in [0.15, 0.2) is 0 Å². The molecule has 0 aromatic heterocycles. The molecule has 100 valence electrons. The lowest BCUT2D eigenvalue weighted by atomic mass is 9.97. The van der Waals surface area contributed by atoms with Crippen molar-refractivity contribution >= 4 is 0 Å². The zero-order chi connectivity index (χ0) is 13.1. The highest BCUT2D eigenvalue weighted by atomic mass is 16.5. The number of rotatable bonds is 6. The van der Waals surface area contributed by atoms with Gasteiger partial charge in [-0.1, -0.05) is 19.9 Å². The van der Waals surface area contributed by atoms with E-state index in [-0.39, 0.29) is 0 Å². The molecule has 3 nitrogen and oxygen atoms in total. The number of nitrogens with one attached hydrogen (secondary N) is 1. The molecule has 1 aromatic carbocycles. The molecule has 0 amide bonds. The van der Waals surface area contributed by atoms with Crippen molar-refractivity contribution in [3.8, 4) is 5.75 Å². The zero-order valence-corrected chi connectivity index (χ0v) is 11.4. The van der Waals surface area contributed by atoms with Crippen molar-refractivity contribution in [3.63, 3.8) is 0 Å². The lowest BCUT2D eigenvalue weighted by molar-refractivity contribution is 0.174. The number of benzene rings is 1. The zero-order valence-electron chi connectivity index (χ0n) is 11.4. The largest absolute Gasteiger partial charge is 0.496 e. The molecule has 1 aliphatic rings. The first-order valence-electron chi connectivity index (χ1n) is 6.71. The van der Waals surface area contributed by atoms with Gasteiger partial charge in [0.1, 0.15) is 5.75 Å². The van der Waals surface area contributed by atoms with E-state index >= 15 is 0 Å². The summed E-state index contributed by atoms with van der Waals surface area (Å²) in [5.74, 6) is 1.29. The molecular weight excluding hydrogens is 226 g/mol. The molecule has 0 heterocycles. The van der Waals surface area contributed by atoms with E-state index in [1.54, 1.807) is 7.11 Å². The first-order valence-corrected chi connectivity index (χ1v) is 6.71. The van der Waals surface area contributed by atoms with Crippen LogP contribution in [0.25, 0.3) is 0 Å². The molecule has 1 fully saturated rings. The van der Waals surface area contributed by atoms with Crippen molar-refractivity contribution in [3.05, 3.63) is 29.3 Å². The van der Waals surface area contributed by atoms with E-state index in [4.69, 9.17) is 4.74 Å². The molecule has 3 heteroatoms. The van der Waals surface area contributed by atoms with Crippen LogP contribution in [0.2, 0.25) is 0 Å². The summed E-state index contributed by atoms with van der Waals surface area (Å²) in [4.78, 5) is 0. The van der Waals surface area contributed by atoms with Gasteiger partial charge < -0.3 is 15.2 Å². The highest BCUT2D eigenvalue weighted by Gasteiger charge is 2.22. The first-order chi connectivity index (χ1) is 8.61. The quantitative estimate of drug-likeness (QED) is 0.814. The van der Waals surface area contributed by atoms with Crippen LogP contribution in [0.3, 0.4) is 0 Å². The molecule has 1 atom stereocenters. The molecule has 2 rings (SSSR count). The molecule has 1 aromatic rings. The van der Waals surface area contributed by atoms with E-state index in [9.17, 15) is 5.11 Å². The standard InChI is InChI=1S/C15H23NO2/c1-10(2)13-8-11(4-7-15(13)18-3)14(17)9-16-12-5-6-12/h4,7-8,10,12,14,16-17H,5-6,9H2,1-3H3. The van der Waals surface area contributed by atoms with Gasteiger partial charge in [-0.15, -0.1) is 0 Å². The summed E-state index contributed by atoms with van der Waals surface area (Å²) >= 11 is 0. The van der Waals surface area contributed by atoms with Crippen LogP contribution in [0.5, 0.6) is 5.75 Å². The van der Waals surface area contributed by atoms with Crippen LogP contribution in [-0.4, -0.2) is 24.8 Å². The number of aliphatic hydroxyl groups excluding tert-OH is 1. The summed E-state index contributed by atoms with van der Waals surface area (Å²) in [7, 11) is 1.69. The average molecular weight is 249 g/mol. The molecule has 0 radical (unpaired) electrons. The lowest BCUT2D eigenvalue weighted by Gasteiger charge is -2.17. The molecule has 1 unspecified atom stereocenters. The second kappa shape index (κ2) is 5.72. The van der Waals surface area contributed by atoms with Crippen molar-refractivity contribution in [2.75, 3.05) is 13.7 Å². The normalized spacial score (nSPS) is 16.9. The number of methoxy groups -OCH3 is 1. The predicted octanol–water partition coefficient (Wildman–Crippen LogP) is 2.60. The van der Waals surface area contributed by atoms with Gasteiger partial charge in [0.25, 0.3) is 0 Å². The molecule has 0 spiro atoms. The predicted molar refractivity (Wildman–Crippen MR) is 73.1 cm³/mol. The fourth-order valence-corrected chi connectivity index (χ4v) is 2.09. The summed E-state index contributed by atoms with van der Waals surface area (Å²) in [6, 6.07) is 6.58. The molecule has 2 N–H and O–H groups in total. The number of hydrogen-bond donors (Lipinski definition) is 2. The van der Waals surface area contributed by atoms with Gasteiger partial charge in [-0.25, -0.2) is 0 Å². The second-order valence-corrected chi connectivity index (χ2v) is 5.35. The number of hydrogen-bond acceptors (Lipinski definition) is 3. The van der Waals surface area contributed by atoms with E-state index in [0.29, 0.717) is 18.5 Å². The van der Waals surface area contributed by atoms with Gasteiger partial charge in [-0.05, 0) is 42.0 Å². The van der Waals surface area contributed by atoms with Gasteiger partial charge in [0.05, 0.1) is 13.2 Å². The van der Waals surface area contributed by atoms with Gasteiger partial charge in [0, 0.05) is 12.6 Å². The Bertz CT molecular complexity index is 399. The molecule has 1 saturated carbocycles. The molecule has 0 bridgehead atoms. The minimum Gasteiger partial charge on any atom is -0.496 e. The van der Waals surface area contributed by atoms with Gasteiger partial charge in [-0.2, -0.15) is 0 Å². The Morgan fingerprint density at radius 2 is 2.11 bits per heavy atom. The van der Waals surface area contributed by atoms with Gasteiger partial charge in [-0.3, -0.25) is 0 Å². The Labute approximate surface area is 109 Å². The maximum atomic E-state index is 10.2. The van der Waals surface area contributed by atoms with Crippen molar-refractivity contribution in [1.29, 1.82) is 0 Å². The van der Waals surface area contributed by atoms with Crippen LogP contribution < -0.4 is 10.1 Å². The molecule has 0 aliphatic heterocycles. The Morgan fingerprint density at radius 1 is 1.39 bits per heavy atom. The van der Waals surface area contributed by atoms with Gasteiger partial charge >= 0.3 is 0 Å². The minimum atomic E-state index is -0.436. The lowest BCUT2D eigenvalue weighted by Crippen LogP contribution is -2.23. The Morgan fingerprint density at radius 3 is 2.67 bits per heavy atom. The van der Waals surface area contributed by atoms with E-state index < -0.39 is 6.10 Å². The van der Waals surface area contributed by atoms with Crippen molar-refractivity contribution in [1.82, 2.24) is 5.32 Å². The topological polar surface area (TPSA) is 41.5 Å². The molecular formula is C15H23NO2. The highest BCUT2D eigenvalue weighted by molar-refractivity contribution is 5.40. The van der Waals surface area contributed by atoms with Crippen molar-refractivity contribution in [2.45, 2.75) is 44.8 Å². The Kier molecular flexibility index (Phi) is 4.25. The van der Waals surface area contributed by atoms with E-state index in [1.165, 1.54) is 12.8 Å². The van der Waals surface area contributed by atoms with Crippen molar-refractivity contribution in [2.24, 2.45) is 0 Å². The Balaban J connectivity index is 2.08. The summed E-state index contributed by atoms with van der Waals surface area (Å²) in [6.07, 6.45) is 2.05. The van der Waals surface area contributed by atoms with Crippen LogP contribution in [0.15, 0.2) is 18.2 Å². The van der Waals surface area contributed by atoms with E-state index in [1.807, 2.05) is 12.1 Å². The van der Waals surface area contributed by atoms with E-state index in [0.717, 1.165) is 16.9 Å². The third-order valence-electron chi connectivity index (χ3n) is 3.44. The first kappa shape index (κ1) is 13.4. The van der Waals surface area contributed by atoms with Crippen LogP contribution in [0, 0.1) is 0 Å². The van der Waals surface area contributed by atoms with Gasteiger partial charge in [0.2, 0.25) is 0 Å². The van der Waals surface area contributed by atoms with E-state index in [2.05, 4.69) is 25.2 Å². The highest BCUT2D eigenvalue weighted by Crippen LogP contribution is 2.29. The maximum absolute atomic E-state index is 10.2. The second-order valence-electron chi connectivity index (χ2n) is 5.35. The minimum absolute atomic E-state index is 0.392. The third kappa shape index (κ3) is 3.24. The van der Waals surface area contributed by atoms with Crippen LogP contribution in [0.4, 0.5) is 0 Å². The monoisotopic (exact) mass is 249 g/mol. The summed E-state index contributed by atoms with van der Waals surface area (Å²) in [6.45, 7) is 4.90. The summed E-state index contributed by atoms with van der Waals surface area (Å²) in [5.41, 5.74) is 2.12.